The summed E-state index contributed by atoms with van der Waals surface area (Å²) in [5.41, 5.74) is 0. The molecule has 0 spiro atoms. The van der Waals surface area contributed by atoms with Crippen LogP contribution in [0.3, 0.4) is 0 Å². The van der Waals surface area contributed by atoms with Gasteiger partial charge in [-0.15, -0.1) is 11.8 Å². The Morgan fingerprint density at radius 2 is 2.12 bits per heavy atom. The van der Waals surface area contributed by atoms with Gasteiger partial charge in [-0.1, -0.05) is 13.8 Å². The van der Waals surface area contributed by atoms with Crippen molar-refractivity contribution in [2.45, 2.75) is 49.8 Å². The van der Waals surface area contributed by atoms with Crippen LogP contribution in [-0.2, 0) is 0 Å². The second kappa shape index (κ2) is 5.49. The van der Waals surface area contributed by atoms with E-state index in [-0.39, 0.29) is 0 Å². The molecule has 1 aliphatic rings. The van der Waals surface area contributed by atoms with Gasteiger partial charge in [-0.25, -0.2) is 0 Å². The molecule has 0 aromatic carbocycles. The molecule has 1 aliphatic carbocycles. The summed E-state index contributed by atoms with van der Waals surface area (Å²) in [5, 5.41) is 4.16. The van der Waals surface area contributed by atoms with Crippen LogP contribution < -0.4 is 5.32 Å². The van der Waals surface area contributed by atoms with E-state index in [0.29, 0.717) is 11.3 Å². The van der Waals surface area contributed by atoms with Crippen LogP contribution in [0.1, 0.15) is 32.4 Å². The molecule has 4 unspecified atom stereocenters. The first kappa shape index (κ1) is 13.0. The largest absolute Gasteiger partial charge is 0.468 e. The minimum absolute atomic E-state index is 0.619. The Hall–Kier alpha value is -0.410. The molecular formula is C14H23NOS. The Labute approximate surface area is 109 Å². The predicted molar refractivity (Wildman–Crippen MR) is 73.5 cm³/mol. The predicted octanol–water partition coefficient (Wildman–Crippen LogP) is 3.70. The number of aryl methyl sites for hydroxylation is 1. The monoisotopic (exact) mass is 253 g/mol. The minimum atomic E-state index is 0.619. The first-order chi connectivity index (χ1) is 8.11. The van der Waals surface area contributed by atoms with Crippen molar-refractivity contribution in [3.8, 4) is 0 Å². The lowest BCUT2D eigenvalue weighted by molar-refractivity contribution is 0.257. The van der Waals surface area contributed by atoms with Crippen molar-refractivity contribution in [3.05, 3.63) is 18.1 Å². The summed E-state index contributed by atoms with van der Waals surface area (Å²) in [6, 6.07) is 2.71. The second-order valence-corrected chi connectivity index (χ2v) is 6.59. The lowest BCUT2D eigenvalue weighted by atomic mass is 9.80. The molecule has 1 N–H and O–H groups in total. The molecule has 0 radical (unpaired) electrons. The third-order valence-corrected chi connectivity index (χ3v) is 5.58. The minimum Gasteiger partial charge on any atom is -0.468 e. The van der Waals surface area contributed by atoms with E-state index in [1.807, 2.05) is 18.7 Å². The summed E-state index contributed by atoms with van der Waals surface area (Å²) < 4.78 is 5.39. The lowest BCUT2D eigenvalue weighted by Crippen LogP contribution is -2.44. The van der Waals surface area contributed by atoms with Gasteiger partial charge in [0.05, 0.1) is 6.26 Å². The van der Waals surface area contributed by atoms with E-state index in [4.69, 9.17) is 4.42 Å². The molecule has 0 amide bonds. The molecule has 0 bridgehead atoms. The Kier molecular flexibility index (Phi) is 4.21. The molecule has 1 aromatic heterocycles. The first-order valence-corrected chi connectivity index (χ1v) is 7.37. The van der Waals surface area contributed by atoms with E-state index in [1.54, 1.807) is 6.26 Å². The summed E-state index contributed by atoms with van der Waals surface area (Å²) in [4.78, 5) is 1.30. The quantitative estimate of drug-likeness (QED) is 0.889. The van der Waals surface area contributed by atoms with Crippen LogP contribution in [0.4, 0.5) is 0 Å². The molecule has 17 heavy (non-hydrogen) atoms. The number of hydrogen-bond acceptors (Lipinski definition) is 3. The van der Waals surface area contributed by atoms with Gasteiger partial charge in [-0.2, -0.15) is 0 Å². The maximum Gasteiger partial charge on any atom is 0.114 e. The van der Waals surface area contributed by atoms with E-state index in [0.717, 1.165) is 17.6 Å². The normalized spacial score (nSPS) is 33.9. The zero-order chi connectivity index (χ0) is 12.4. The summed E-state index contributed by atoms with van der Waals surface area (Å²) in [6.45, 7) is 6.80. The average Bonchev–Trinajstić information content (AvgIpc) is 2.68. The second-order valence-electron chi connectivity index (χ2n) is 5.37. The van der Waals surface area contributed by atoms with E-state index in [2.05, 4.69) is 32.3 Å². The number of rotatable bonds is 3. The van der Waals surface area contributed by atoms with Crippen LogP contribution in [0.25, 0.3) is 0 Å². The molecule has 4 atom stereocenters. The number of nitrogens with one attached hydrogen (secondary N) is 1. The third-order valence-electron chi connectivity index (χ3n) is 3.83. The van der Waals surface area contributed by atoms with E-state index in [1.165, 1.54) is 17.7 Å². The fraction of sp³-hybridized carbons (Fsp3) is 0.714. The Balaban J connectivity index is 2.09. The van der Waals surface area contributed by atoms with Crippen LogP contribution in [0.15, 0.2) is 21.6 Å². The van der Waals surface area contributed by atoms with Crippen molar-refractivity contribution in [3.63, 3.8) is 0 Å². The van der Waals surface area contributed by atoms with Crippen LogP contribution in [-0.4, -0.2) is 18.3 Å². The molecule has 2 rings (SSSR count). The number of furan rings is 1. The molecule has 1 fully saturated rings. The highest BCUT2D eigenvalue weighted by Crippen LogP contribution is 2.40. The van der Waals surface area contributed by atoms with Gasteiger partial charge in [0.25, 0.3) is 0 Å². The third kappa shape index (κ3) is 2.89. The highest BCUT2D eigenvalue weighted by molar-refractivity contribution is 8.00. The highest BCUT2D eigenvalue weighted by atomic mass is 32.2. The Morgan fingerprint density at radius 1 is 1.35 bits per heavy atom. The number of hydrogen-bond donors (Lipinski definition) is 1. The van der Waals surface area contributed by atoms with Crippen molar-refractivity contribution < 1.29 is 4.42 Å². The van der Waals surface area contributed by atoms with Gasteiger partial charge in [0, 0.05) is 16.2 Å². The Morgan fingerprint density at radius 3 is 2.71 bits per heavy atom. The zero-order valence-corrected chi connectivity index (χ0v) is 12.0. The van der Waals surface area contributed by atoms with Crippen molar-refractivity contribution in [1.29, 1.82) is 0 Å². The molecule has 0 aliphatic heterocycles. The van der Waals surface area contributed by atoms with Gasteiger partial charge < -0.3 is 9.73 Å². The molecule has 3 heteroatoms. The molecule has 2 nitrogen and oxygen atoms in total. The average molecular weight is 253 g/mol. The SMILES string of the molecule is CNC1CC(C)CC(C)C1Sc1ccoc1C. The molecule has 1 heterocycles. The maximum absolute atomic E-state index is 5.39. The van der Waals surface area contributed by atoms with E-state index >= 15 is 0 Å². The molecule has 96 valence electrons. The van der Waals surface area contributed by atoms with Gasteiger partial charge in [0.15, 0.2) is 0 Å². The van der Waals surface area contributed by atoms with Crippen LogP contribution in [0, 0.1) is 18.8 Å². The standard InChI is InChI=1S/C14H23NOS/c1-9-7-10(2)14(12(8-9)15-4)17-13-5-6-16-11(13)3/h5-6,9-10,12,14-15H,7-8H2,1-4H3. The van der Waals surface area contributed by atoms with Crippen molar-refractivity contribution in [1.82, 2.24) is 5.32 Å². The van der Waals surface area contributed by atoms with E-state index in [9.17, 15) is 0 Å². The van der Waals surface area contributed by atoms with Crippen molar-refractivity contribution in [2.24, 2.45) is 11.8 Å². The topological polar surface area (TPSA) is 25.2 Å². The summed E-state index contributed by atoms with van der Waals surface area (Å²) >= 11 is 1.98. The van der Waals surface area contributed by atoms with Crippen LogP contribution in [0.5, 0.6) is 0 Å². The summed E-state index contributed by atoms with van der Waals surface area (Å²) in [6.07, 6.45) is 4.42. The molecule has 1 saturated carbocycles. The smallest absolute Gasteiger partial charge is 0.114 e. The maximum atomic E-state index is 5.39. The molecule has 1 aromatic rings. The van der Waals surface area contributed by atoms with Crippen LogP contribution >= 0.6 is 11.8 Å². The fourth-order valence-electron chi connectivity index (χ4n) is 2.95. The summed E-state index contributed by atoms with van der Waals surface area (Å²) in [7, 11) is 2.09. The lowest BCUT2D eigenvalue weighted by Gasteiger charge is -2.39. The Bertz CT molecular complexity index is 363. The van der Waals surface area contributed by atoms with E-state index < -0.39 is 0 Å². The fourth-order valence-corrected chi connectivity index (χ4v) is 4.35. The highest BCUT2D eigenvalue weighted by Gasteiger charge is 2.34. The number of thioether (sulfide) groups is 1. The van der Waals surface area contributed by atoms with Gasteiger partial charge in [0.1, 0.15) is 5.76 Å². The van der Waals surface area contributed by atoms with Gasteiger partial charge in [-0.3, -0.25) is 0 Å². The van der Waals surface area contributed by atoms with Crippen LogP contribution in [0.2, 0.25) is 0 Å². The molecular weight excluding hydrogens is 230 g/mol. The molecule has 0 saturated heterocycles. The van der Waals surface area contributed by atoms with Gasteiger partial charge in [-0.05, 0) is 44.7 Å². The first-order valence-electron chi connectivity index (χ1n) is 6.49. The zero-order valence-electron chi connectivity index (χ0n) is 11.2. The van der Waals surface area contributed by atoms with Gasteiger partial charge in [0.2, 0.25) is 0 Å². The van der Waals surface area contributed by atoms with Crippen molar-refractivity contribution in [2.75, 3.05) is 7.05 Å². The summed E-state index contributed by atoms with van der Waals surface area (Å²) in [5.74, 6) is 2.65. The van der Waals surface area contributed by atoms with Gasteiger partial charge >= 0.3 is 0 Å². The van der Waals surface area contributed by atoms with Crippen molar-refractivity contribution >= 4 is 11.8 Å².